The van der Waals surface area contributed by atoms with Crippen LogP contribution in [-0.4, -0.2) is 50.3 Å². The number of aromatic amines is 1. The number of nitrogens with one attached hydrogen (secondary N) is 2. The molecule has 1 heterocycles. The van der Waals surface area contributed by atoms with Gasteiger partial charge in [-0.3, -0.25) is 4.79 Å². The summed E-state index contributed by atoms with van der Waals surface area (Å²) >= 11 is 0. The Morgan fingerprint density at radius 3 is 2.59 bits per heavy atom. The number of esters is 1. The topological polar surface area (TPSA) is 109 Å². The number of nitrogens with zero attached hydrogens (tertiary/aromatic N) is 1. The highest BCUT2D eigenvalue weighted by Crippen LogP contribution is 2.22. The zero-order valence-corrected chi connectivity index (χ0v) is 17.0. The van der Waals surface area contributed by atoms with Gasteiger partial charge in [0, 0.05) is 36.9 Å². The molecule has 8 nitrogen and oxygen atoms in total. The first-order valence-corrected chi connectivity index (χ1v) is 10.2. The Morgan fingerprint density at radius 1 is 1.14 bits per heavy atom. The number of hydrogen-bond donors (Lipinski definition) is 2. The van der Waals surface area contributed by atoms with Crippen LogP contribution in [0, 0.1) is 6.92 Å². The largest absolute Gasteiger partial charge is 0.452 e. The monoisotopic (exact) mass is 415 g/mol. The summed E-state index contributed by atoms with van der Waals surface area (Å²) in [5, 5.41) is 3.30. The van der Waals surface area contributed by atoms with E-state index in [2.05, 4.69) is 10.3 Å². The number of rotatable bonds is 6. The molecule has 9 heteroatoms. The van der Waals surface area contributed by atoms with E-state index in [4.69, 9.17) is 4.74 Å². The van der Waals surface area contributed by atoms with E-state index in [9.17, 15) is 18.0 Å². The minimum Gasteiger partial charge on any atom is -0.452 e. The molecule has 0 saturated carbocycles. The molecule has 29 heavy (non-hydrogen) atoms. The van der Waals surface area contributed by atoms with E-state index in [-0.39, 0.29) is 4.90 Å². The second-order valence-electron chi connectivity index (χ2n) is 6.64. The molecule has 0 aliphatic carbocycles. The number of hydrogen-bond acceptors (Lipinski definition) is 5. The number of aromatic nitrogens is 1. The van der Waals surface area contributed by atoms with Crippen LogP contribution in [0.15, 0.2) is 53.6 Å². The maximum Gasteiger partial charge on any atom is 0.340 e. The summed E-state index contributed by atoms with van der Waals surface area (Å²) in [6, 6.07) is 11.7. The number of ether oxygens (including phenoxy) is 1. The summed E-state index contributed by atoms with van der Waals surface area (Å²) in [6.07, 6.45) is 1.53. The Bertz CT molecular complexity index is 1180. The van der Waals surface area contributed by atoms with Gasteiger partial charge < -0.3 is 15.0 Å². The zero-order valence-electron chi connectivity index (χ0n) is 16.2. The van der Waals surface area contributed by atoms with Crippen molar-refractivity contribution in [3.05, 3.63) is 59.8 Å². The molecular formula is C20H21N3O5S. The molecule has 3 aromatic rings. The maximum absolute atomic E-state index is 12.3. The van der Waals surface area contributed by atoms with Gasteiger partial charge in [0.2, 0.25) is 10.0 Å². The Morgan fingerprint density at radius 2 is 1.86 bits per heavy atom. The predicted molar refractivity (Wildman–Crippen MR) is 109 cm³/mol. The van der Waals surface area contributed by atoms with E-state index in [1.807, 2.05) is 12.1 Å². The van der Waals surface area contributed by atoms with Crippen molar-refractivity contribution < 1.29 is 22.7 Å². The summed E-state index contributed by atoms with van der Waals surface area (Å²) < 4.78 is 30.7. The molecule has 1 amide bonds. The SMILES string of the molecule is Cc1ccc(S(=O)(=O)N(C)C)cc1NC(=O)COC(=O)c1c[nH]c2ccccc12. The fraction of sp³-hybridized carbons (Fsp3) is 0.200. The van der Waals surface area contributed by atoms with Gasteiger partial charge in [-0.2, -0.15) is 0 Å². The first-order chi connectivity index (χ1) is 13.7. The molecule has 2 N–H and O–H groups in total. The first kappa shape index (κ1) is 20.6. The fourth-order valence-electron chi connectivity index (χ4n) is 2.74. The summed E-state index contributed by atoms with van der Waals surface area (Å²) in [6.45, 7) is 1.24. The summed E-state index contributed by atoms with van der Waals surface area (Å²) in [7, 11) is -0.779. The molecule has 152 valence electrons. The second kappa shape index (κ2) is 8.06. The highest BCUT2D eigenvalue weighted by atomic mass is 32.2. The first-order valence-electron chi connectivity index (χ1n) is 8.76. The molecule has 0 unspecified atom stereocenters. The molecular weight excluding hydrogens is 394 g/mol. The summed E-state index contributed by atoms with van der Waals surface area (Å²) in [5.74, 6) is -1.20. The van der Waals surface area contributed by atoms with Gasteiger partial charge >= 0.3 is 5.97 Å². The van der Waals surface area contributed by atoms with E-state index >= 15 is 0 Å². The normalized spacial score (nSPS) is 11.6. The van der Waals surface area contributed by atoms with E-state index in [1.165, 1.54) is 32.4 Å². The standard InChI is InChI=1S/C20H21N3O5S/c1-13-8-9-14(29(26,27)23(2)3)10-18(13)22-19(24)12-28-20(25)16-11-21-17-7-5-4-6-15(16)17/h4-11,21H,12H2,1-3H3,(H,22,24). The van der Waals surface area contributed by atoms with Gasteiger partial charge in [-0.25, -0.2) is 17.5 Å². The third-order valence-electron chi connectivity index (χ3n) is 4.41. The molecule has 0 aliphatic rings. The molecule has 0 atom stereocenters. The number of sulfonamides is 1. The minimum absolute atomic E-state index is 0.0548. The second-order valence-corrected chi connectivity index (χ2v) is 8.79. The highest BCUT2D eigenvalue weighted by Gasteiger charge is 2.19. The van der Waals surface area contributed by atoms with Crippen LogP contribution in [0.4, 0.5) is 5.69 Å². The van der Waals surface area contributed by atoms with Crippen molar-refractivity contribution in [2.45, 2.75) is 11.8 Å². The molecule has 0 bridgehead atoms. The quantitative estimate of drug-likeness (QED) is 0.602. The third kappa shape index (κ3) is 4.30. The van der Waals surface area contributed by atoms with Gasteiger partial charge in [0.25, 0.3) is 5.91 Å². The molecule has 0 spiro atoms. The molecule has 0 radical (unpaired) electrons. The van der Waals surface area contributed by atoms with Crippen molar-refractivity contribution in [2.24, 2.45) is 0 Å². The summed E-state index contributed by atoms with van der Waals surface area (Å²) in [5.41, 5.74) is 2.14. The van der Waals surface area contributed by atoms with Crippen LogP contribution in [-0.2, 0) is 19.6 Å². The number of carbonyl (C=O) groups is 2. The Labute approximate surface area is 168 Å². The van der Waals surface area contributed by atoms with Crippen LogP contribution >= 0.6 is 0 Å². The number of amides is 1. The van der Waals surface area contributed by atoms with E-state index in [0.717, 1.165) is 9.82 Å². The third-order valence-corrected chi connectivity index (χ3v) is 6.22. The fourth-order valence-corrected chi connectivity index (χ4v) is 3.67. The van der Waals surface area contributed by atoms with Crippen LogP contribution in [0.2, 0.25) is 0 Å². The molecule has 0 saturated heterocycles. The van der Waals surface area contributed by atoms with E-state index in [0.29, 0.717) is 22.2 Å². The lowest BCUT2D eigenvalue weighted by Crippen LogP contribution is -2.23. The number of H-pyrrole nitrogens is 1. The van der Waals surface area contributed by atoms with Crippen LogP contribution in [0.5, 0.6) is 0 Å². The number of aryl methyl sites for hydroxylation is 1. The van der Waals surface area contributed by atoms with Gasteiger partial charge in [0.1, 0.15) is 0 Å². The lowest BCUT2D eigenvalue weighted by Gasteiger charge is -2.14. The Balaban J connectivity index is 1.69. The molecule has 2 aromatic carbocycles. The zero-order chi connectivity index (χ0) is 21.2. The Hall–Kier alpha value is -3.17. The van der Waals surface area contributed by atoms with Gasteiger partial charge in [0.15, 0.2) is 6.61 Å². The van der Waals surface area contributed by atoms with Crippen LogP contribution in [0.1, 0.15) is 15.9 Å². The van der Waals surface area contributed by atoms with Crippen LogP contribution in [0.3, 0.4) is 0 Å². The minimum atomic E-state index is -3.63. The predicted octanol–water partition coefficient (Wildman–Crippen LogP) is 2.52. The van der Waals surface area contributed by atoms with E-state index < -0.39 is 28.5 Å². The number of fused-ring (bicyclic) bond motifs is 1. The number of carbonyl (C=O) groups excluding carboxylic acids is 2. The highest BCUT2D eigenvalue weighted by molar-refractivity contribution is 7.89. The van der Waals surface area contributed by atoms with Gasteiger partial charge in [-0.1, -0.05) is 24.3 Å². The van der Waals surface area contributed by atoms with Gasteiger partial charge in [-0.15, -0.1) is 0 Å². The van der Waals surface area contributed by atoms with Crippen molar-refractivity contribution in [2.75, 3.05) is 26.0 Å². The Kier molecular flexibility index (Phi) is 5.71. The van der Waals surface area contributed by atoms with Gasteiger partial charge in [-0.05, 0) is 30.7 Å². The van der Waals surface area contributed by atoms with Crippen molar-refractivity contribution >= 4 is 38.5 Å². The van der Waals surface area contributed by atoms with Crippen molar-refractivity contribution in [3.8, 4) is 0 Å². The lowest BCUT2D eigenvalue weighted by atomic mass is 10.2. The molecule has 0 fully saturated rings. The average Bonchev–Trinajstić information content (AvgIpc) is 3.12. The van der Waals surface area contributed by atoms with E-state index in [1.54, 1.807) is 25.1 Å². The lowest BCUT2D eigenvalue weighted by molar-refractivity contribution is -0.119. The van der Waals surface area contributed by atoms with Gasteiger partial charge in [0.05, 0.1) is 10.5 Å². The van der Waals surface area contributed by atoms with Crippen LogP contribution in [0.25, 0.3) is 10.9 Å². The summed E-state index contributed by atoms with van der Waals surface area (Å²) in [4.78, 5) is 27.6. The van der Waals surface area contributed by atoms with Crippen molar-refractivity contribution in [1.29, 1.82) is 0 Å². The molecule has 0 aliphatic heterocycles. The molecule has 3 rings (SSSR count). The number of para-hydroxylation sites is 1. The molecule has 1 aromatic heterocycles. The number of anilines is 1. The van der Waals surface area contributed by atoms with Crippen molar-refractivity contribution in [1.82, 2.24) is 9.29 Å². The maximum atomic E-state index is 12.3. The van der Waals surface area contributed by atoms with Crippen LogP contribution < -0.4 is 5.32 Å². The van der Waals surface area contributed by atoms with Crippen molar-refractivity contribution in [3.63, 3.8) is 0 Å². The smallest absolute Gasteiger partial charge is 0.340 e. The number of benzene rings is 2. The average molecular weight is 415 g/mol.